The van der Waals surface area contributed by atoms with Gasteiger partial charge in [-0.25, -0.2) is 9.59 Å². The lowest BCUT2D eigenvalue weighted by Gasteiger charge is -2.38. The minimum atomic E-state index is -1.83. The largest absolute Gasteiger partial charge is 0.479 e. The zero-order chi connectivity index (χ0) is 19.3. The summed E-state index contributed by atoms with van der Waals surface area (Å²) in [4.78, 5) is 22.7. The van der Waals surface area contributed by atoms with E-state index in [1.54, 1.807) is 6.07 Å². The van der Waals surface area contributed by atoms with Crippen LogP contribution in [0, 0.1) is 0 Å². The third kappa shape index (κ3) is 2.84. The van der Waals surface area contributed by atoms with Gasteiger partial charge in [-0.1, -0.05) is 0 Å². The molecule has 1 aliphatic rings. The summed E-state index contributed by atoms with van der Waals surface area (Å²) in [6, 6.07) is 5.71. The van der Waals surface area contributed by atoms with Gasteiger partial charge in [0.1, 0.15) is 23.9 Å². The Labute approximate surface area is 149 Å². The van der Waals surface area contributed by atoms with E-state index in [9.17, 15) is 24.9 Å². The second-order valence-electron chi connectivity index (χ2n) is 6.06. The van der Waals surface area contributed by atoms with Crippen molar-refractivity contribution in [2.45, 2.75) is 30.7 Å². The fraction of sp³-hybridized carbons (Fsp3) is 0.294. The van der Waals surface area contributed by atoms with Crippen LogP contribution in [0.4, 0.5) is 0 Å². The minimum absolute atomic E-state index is 0.0631. The first-order chi connectivity index (χ1) is 12.9. The molecule has 1 aromatic carbocycles. The maximum atomic E-state index is 11.5. The topological polar surface area (TPSA) is 160 Å². The lowest BCUT2D eigenvalue weighted by atomic mass is 9.99. The lowest BCUT2D eigenvalue weighted by molar-refractivity contribution is -0.271. The van der Waals surface area contributed by atoms with Gasteiger partial charge in [0.05, 0.1) is 11.6 Å². The van der Waals surface area contributed by atoms with E-state index >= 15 is 0 Å². The summed E-state index contributed by atoms with van der Waals surface area (Å²) in [6.45, 7) is 0. The normalized spacial score (nSPS) is 28.5. The maximum Gasteiger partial charge on any atom is 0.336 e. The van der Waals surface area contributed by atoms with E-state index in [0.717, 1.165) is 0 Å². The molecular formula is C17H14O10. The van der Waals surface area contributed by atoms with Gasteiger partial charge in [0.2, 0.25) is 6.29 Å². The first kappa shape index (κ1) is 17.5. The van der Waals surface area contributed by atoms with Crippen LogP contribution in [0.25, 0.3) is 21.9 Å². The highest BCUT2D eigenvalue weighted by atomic mass is 16.7. The zero-order valence-corrected chi connectivity index (χ0v) is 13.5. The van der Waals surface area contributed by atoms with Crippen molar-refractivity contribution >= 4 is 27.9 Å². The number of carbonyl (C=O) groups is 1. The predicted molar refractivity (Wildman–Crippen MR) is 87.2 cm³/mol. The molecule has 142 valence electrons. The number of fused-ring (bicyclic) bond motifs is 3. The number of carboxylic acids is 1. The van der Waals surface area contributed by atoms with Crippen LogP contribution in [0.3, 0.4) is 0 Å². The Balaban J connectivity index is 1.76. The first-order valence-electron chi connectivity index (χ1n) is 7.90. The Morgan fingerprint density at radius 2 is 1.81 bits per heavy atom. The Bertz CT molecular complexity index is 1070. The average Bonchev–Trinajstić information content (AvgIpc) is 3.12. The van der Waals surface area contributed by atoms with Gasteiger partial charge in [-0.05, 0) is 18.2 Å². The van der Waals surface area contributed by atoms with Crippen LogP contribution in [0.15, 0.2) is 44.2 Å². The highest BCUT2D eigenvalue weighted by molar-refractivity contribution is 6.04. The molecule has 3 heterocycles. The van der Waals surface area contributed by atoms with Gasteiger partial charge in [0.15, 0.2) is 17.4 Å². The zero-order valence-electron chi connectivity index (χ0n) is 13.5. The molecule has 4 rings (SSSR count). The predicted octanol–water partition coefficient (Wildman–Crippen LogP) is -0.190. The number of ether oxygens (including phenoxy) is 2. The van der Waals surface area contributed by atoms with Crippen molar-refractivity contribution in [1.82, 2.24) is 0 Å². The summed E-state index contributed by atoms with van der Waals surface area (Å²) >= 11 is 0. The van der Waals surface area contributed by atoms with Crippen molar-refractivity contribution in [2.75, 3.05) is 0 Å². The molecule has 1 aliphatic heterocycles. The van der Waals surface area contributed by atoms with E-state index in [1.807, 2.05) is 0 Å². The number of carboxylic acid groups (broad SMARTS) is 1. The molecule has 10 nitrogen and oxygen atoms in total. The third-order valence-corrected chi connectivity index (χ3v) is 4.34. The van der Waals surface area contributed by atoms with Gasteiger partial charge in [-0.2, -0.15) is 0 Å². The van der Waals surface area contributed by atoms with Gasteiger partial charge in [0, 0.05) is 11.5 Å². The van der Waals surface area contributed by atoms with Crippen LogP contribution >= 0.6 is 0 Å². The van der Waals surface area contributed by atoms with Crippen molar-refractivity contribution in [3.05, 3.63) is 40.9 Å². The van der Waals surface area contributed by atoms with Crippen LogP contribution in [0.2, 0.25) is 0 Å². The minimum Gasteiger partial charge on any atom is -0.479 e. The van der Waals surface area contributed by atoms with Crippen molar-refractivity contribution in [3.8, 4) is 5.75 Å². The van der Waals surface area contributed by atoms with Crippen molar-refractivity contribution in [3.63, 3.8) is 0 Å². The molecule has 0 aliphatic carbocycles. The van der Waals surface area contributed by atoms with E-state index in [4.69, 9.17) is 23.4 Å². The summed E-state index contributed by atoms with van der Waals surface area (Å²) in [5, 5.41) is 39.7. The molecule has 0 saturated carbocycles. The number of benzene rings is 1. The van der Waals surface area contributed by atoms with Crippen LogP contribution in [0.5, 0.6) is 5.75 Å². The number of aliphatic hydroxyl groups excluding tert-OH is 3. The van der Waals surface area contributed by atoms with Crippen LogP contribution in [-0.2, 0) is 9.53 Å². The molecule has 2 aromatic heterocycles. The SMILES string of the molecule is O=C(O)C1OC(Oc2cc3ccc(=O)oc3c3ccoc23)C(O)C(O)C1O. The summed E-state index contributed by atoms with van der Waals surface area (Å²) in [6.07, 6.45) is -7.39. The Morgan fingerprint density at radius 1 is 1.04 bits per heavy atom. The Morgan fingerprint density at radius 3 is 2.56 bits per heavy atom. The maximum absolute atomic E-state index is 11.5. The van der Waals surface area contributed by atoms with E-state index in [0.29, 0.717) is 10.8 Å². The number of aliphatic carboxylic acids is 1. The van der Waals surface area contributed by atoms with Crippen LogP contribution in [0.1, 0.15) is 0 Å². The van der Waals surface area contributed by atoms with Gasteiger partial charge < -0.3 is 38.7 Å². The summed E-state index contributed by atoms with van der Waals surface area (Å²) in [5.41, 5.74) is -0.117. The second-order valence-corrected chi connectivity index (χ2v) is 6.06. The van der Waals surface area contributed by atoms with Crippen LogP contribution < -0.4 is 10.4 Å². The van der Waals surface area contributed by atoms with Crippen molar-refractivity contribution in [1.29, 1.82) is 0 Å². The third-order valence-electron chi connectivity index (χ3n) is 4.34. The molecule has 5 unspecified atom stereocenters. The quantitative estimate of drug-likeness (QED) is 0.450. The summed E-state index contributed by atoms with van der Waals surface area (Å²) in [7, 11) is 0. The van der Waals surface area contributed by atoms with Gasteiger partial charge in [0.25, 0.3) is 0 Å². The Kier molecular flexibility index (Phi) is 4.12. The van der Waals surface area contributed by atoms with Gasteiger partial charge in [-0.3, -0.25) is 0 Å². The molecule has 3 aromatic rings. The van der Waals surface area contributed by atoms with Crippen LogP contribution in [-0.4, -0.2) is 57.1 Å². The molecule has 0 bridgehead atoms. The van der Waals surface area contributed by atoms with E-state index in [-0.39, 0.29) is 16.9 Å². The van der Waals surface area contributed by atoms with Crippen molar-refractivity contribution < 1.29 is 43.5 Å². The smallest absolute Gasteiger partial charge is 0.336 e. The van der Waals surface area contributed by atoms with E-state index in [1.165, 1.54) is 24.5 Å². The second kappa shape index (κ2) is 6.35. The number of furan rings is 1. The lowest BCUT2D eigenvalue weighted by Crippen LogP contribution is -2.61. The highest BCUT2D eigenvalue weighted by Gasteiger charge is 2.48. The molecule has 1 fully saturated rings. The standard InChI is InChI=1S/C17H14O10/c18-9-2-1-6-5-8(14-7(3-4-24-14)13(6)26-9)25-17-12(21)10(19)11(20)15(27-17)16(22)23/h1-5,10-12,15,17,19-21H,(H,22,23). The molecular weight excluding hydrogens is 364 g/mol. The summed E-state index contributed by atoms with van der Waals surface area (Å²) < 4.78 is 21.2. The van der Waals surface area contributed by atoms with Crippen molar-refractivity contribution in [2.24, 2.45) is 0 Å². The molecule has 1 saturated heterocycles. The molecule has 0 radical (unpaired) electrons. The number of hydrogen-bond donors (Lipinski definition) is 4. The fourth-order valence-corrected chi connectivity index (χ4v) is 3.00. The molecule has 4 N–H and O–H groups in total. The summed E-state index contributed by atoms with van der Waals surface area (Å²) in [5.74, 6) is -1.46. The molecule has 0 amide bonds. The molecule has 0 spiro atoms. The van der Waals surface area contributed by atoms with E-state index < -0.39 is 42.3 Å². The van der Waals surface area contributed by atoms with E-state index in [2.05, 4.69) is 0 Å². The molecule has 5 atom stereocenters. The monoisotopic (exact) mass is 378 g/mol. The Hall–Kier alpha value is -2.92. The molecule has 27 heavy (non-hydrogen) atoms. The van der Waals surface area contributed by atoms with Gasteiger partial charge >= 0.3 is 11.6 Å². The number of aliphatic hydroxyl groups is 3. The highest BCUT2D eigenvalue weighted by Crippen LogP contribution is 2.35. The number of hydrogen-bond acceptors (Lipinski definition) is 9. The molecule has 10 heteroatoms. The van der Waals surface area contributed by atoms with Gasteiger partial charge in [-0.15, -0.1) is 0 Å². The average molecular weight is 378 g/mol. The number of rotatable bonds is 3. The first-order valence-corrected chi connectivity index (χ1v) is 7.90. The fourth-order valence-electron chi connectivity index (χ4n) is 3.00.